The molecule has 0 aliphatic heterocycles. The summed E-state index contributed by atoms with van der Waals surface area (Å²) in [6, 6.07) is 78.1. The highest BCUT2D eigenvalue weighted by molar-refractivity contribution is 6.10. The monoisotopic (exact) mass is 685 g/mol. The van der Waals surface area contributed by atoms with Crippen LogP contribution in [0.4, 0.5) is 17.1 Å². The lowest BCUT2D eigenvalue weighted by molar-refractivity contribution is 0.773. The van der Waals surface area contributed by atoms with Gasteiger partial charge in [0.05, 0.1) is 11.1 Å². The average Bonchev–Trinajstić information content (AvgIpc) is 3.57. The first-order valence-electron chi connectivity index (χ1n) is 18.8. The molecule has 0 spiro atoms. The van der Waals surface area contributed by atoms with Crippen LogP contribution in [0.3, 0.4) is 0 Å². The van der Waals surface area contributed by atoms with Gasteiger partial charge in [0.2, 0.25) is 0 Å². The summed E-state index contributed by atoms with van der Waals surface area (Å²) in [5, 5.41) is 2.66. The Morgan fingerprint density at radius 1 is 0.315 bits per heavy atom. The highest BCUT2D eigenvalue weighted by atomic mass is 15.1. The Hall–Kier alpha value is -6.96. The predicted octanol–water partition coefficient (Wildman–Crippen LogP) is 14.0. The third-order valence-electron chi connectivity index (χ3n) is 11.7. The topological polar surface area (TPSA) is 3.24 Å². The van der Waals surface area contributed by atoms with Crippen molar-refractivity contribution in [1.82, 2.24) is 0 Å². The van der Waals surface area contributed by atoms with Crippen LogP contribution in [0, 0.1) is 0 Å². The Morgan fingerprint density at radius 3 is 1.52 bits per heavy atom. The molecule has 54 heavy (non-hydrogen) atoms. The van der Waals surface area contributed by atoms with Gasteiger partial charge in [0.1, 0.15) is 0 Å². The summed E-state index contributed by atoms with van der Waals surface area (Å²) in [6.07, 6.45) is 0. The Kier molecular flexibility index (Phi) is 6.84. The SMILES string of the molecule is c1ccc(-c2ccc(N(c3ccc(C45c6ccccc6-c6ccc7cccc(c7c64)-c4ccccc45)cc3)c3ccccc3-c3ccccc3)cc2)cc1. The third kappa shape index (κ3) is 4.39. The molecule has 1 atom stereocenters. The van der Waals surface area contributed by atoms with Crippen molar-refractivity contribution < 1.29 is 0 Å². The van der Waals surface area contributed by atoms with Gasteiger partial charge in [-0.3, -0.25) is 0 Å². The highest BCUT2D eigenvalue weighted by Crippen LogP contribution is 2.63. The highest BCUT2D eigenvalue weighted by Gasteiger charge is 2.50. The molecule has 2 aliphatic rings. The zero-order valence-electron chi connectivity index (χ0n) is 29.7. The maximum atomic E-state index is 2.41. The maximum absolute atomic E-state index is 2.41. The van der Waals surface area contributed by atoms with Crippen molar-refractivity contribution in [3.8, 4) is 44.5 Å². The van der Waals surface area contributed by atoms with Gasteiger partial charge in [0.25, 0.3) is 0 Å². The van der Waals surface area contributed by atoms with Gasteiger partial charge in [0, 0.05) is 16.9 Å². The quantitative estimate of drug-likeness (QED) is 0.168. The fourth-order valence-electron chi connectivity index (χ4n) is 9.43. The first kappa shape index (κ1) is 30.6. The molecule has 0 saturated carbocycles. The fourth-order valence-corrected chi connectivity index (χ4v) is 9.43. The van der Waals surface area contributed by atoms with Crippen molar-refractivity contribution in [3.63, 3.8) is 0 Å². The van der Waals surface area contributed by atoms with Crippen LogP contribution in [-0.2, 0) is 5.41 Å². The normalized spacial score (nSPS) is 14.7. The van der Waals surface area contributed by atoms with Gasteiger partial charge < -0.3 is 4.90 Å². The summed E-state index contributed by atoms with van der Waals surface area (Å²) in [6.45, 7) is 0. The minimum atomic E-state index is -0.445. The smallest absolute Gasteiger partial charge is 0.0725 e. The van der Waals surface area contributed by atoms with E-state index in [1.807, 2.05) is 0 Å². The van der Waals surface area contributed by atoms with Gasteiger partial charge >= 0.3 is 0 Å². The molecule has 252 valence electrons. The van der Waals surface area contributed by atoms with Crippen molar-refractivity contribution in [2.24, 2.45) is 0 Å². The predicted molar refractivity (Wildman–Crippen MR) is 226 cm³/mol. The molecule has 0 radical (unpaired) electrons. The van der Waals surface area contributed by atoms with Crippen molar-refractivity contribution in [2.45, 2.75) is 5.41 Å². The number of para-hydroxylation sites is 1. The van der Waals surface area contributed by atoms with E-state index in [0.717, 1.165) is 17.1 Å². The number of benzene rings is 9. The molecule has 1 unspecified atom stereocenters. The maximum Gasteiger partial charge on any atom is 0.0725 e. The van der Waals surface area contributed by atoms with E-state index in [2.05, 4.69) is 217 Å². The summed E-state index contributed by atoms with van der Waals surface area (Å²) >= 11 is 0. The number of fused-ring (bicyclic) bond motifs is 6. The van der Waals surface area contributed by atoms with Crippen molar-refractivity contribution in [2.75, 3.05) is 4.90 Å². The molecule has 0 heterocycles. The van der Waals surface area contributed by atoms with E-state index in [4.69, 9.17) is 0 Å². The Morgan fingerprint density at radius 2 is 0.833 bits per heavy atom. The molecule has 11 rings (SSSR count). The average molecular weight is 686 g/mol. The summed E-state index contributed by atoms with van der Waals surface area (Å²) < 4.78 is 0. The summed E-state index contributed by atoms with van der Waals surface area (Å²) in [5.74, 6) is 0. The molecule has 1 heteroatoms. The minimum Gasteiger partial charge on any atom is -0.310 e. The molecule has 0 saturated heterocycles. The second kappa shape index (κ2) is 12.0. The van der Waals surface area contributed by atoms with Crippen LogP contribution in [0.15, 0.2) is 212 Å². The van der Waals surface area contributed by atoms with Crippen LogP contribution >= 0.6 is 0 Å². The van der Waals surface area contributed by atoms with E-state index in [-0.39, 0.29) is 0 Å². The Balaban J connectivity index is 1.13. The molecule has 0 fully saturated rings. The number of hydrogen-bond donors (Lipinski definition) is 0. The van der Waals surface area contributed by atoms with Crippen molar-refractivity contribution >= 4 is 27.8 Å². The van der Waals surface area contributed by atoms with Gasteiger partial charge in [-0.25, -0.2) is 0 Å². The molecular formula is C53H35N. The molecular weight excluding hydrogens is 651 g/mol. The molecule has 9 aromatic carbocycles. The molecule has 0 aromatic heterocycles. The standard InChI is InChI=1S/C53H35N/c1-3-14-36(15-4-1)37-26-31-41(32-27-37)54(50-25-12-9-19-43(50)38-16-5-2-6-17-38)42-33-29-40(30-34-42)53-48-23-10-7-20-44(48)46-22-13-18-39-28-35-47(52(53)51(39)46)45-21-8-11-24-49(45)53/h1-35H. The molecule has 0 N–H and O–H groups in total. The van der Waals surface area contributed by atoms with Gasteiger partial charge in [0.15, 0.2) is 0 Å². The van der Waals surface area contributed by atoms with Crippen LogP contribution in [0.1, 0.15) is 22.3 Å². The minimum absolute atomic E-state index is 0.445. The first-order chi connectivity index (χ1) is 26.8. The van der Waals surface area contributed by atoms with E-state index < -0.39 is 5.41 Å². The zero-order valence-corrected chi connectivity index (χ0v) is 29.7. The van der Waals surface area contributed by atoms with Crippen LogP contribution in [0.25, 0.3) is 55.3 Å². The second-order valence-electron chi connectivity index (χ2n) is 14.4. The van der Waals surface area contributed by atoms with Gasteiger partial charge in [-0.2, -0.15) is 0 Å². The van der Waals surface area contributed by atoms with Crippen LogP contribution in [0.5, 0.6) is 0 Å². The first-order valence-corrected chi connectivity index (χ1v) is 18.8. The molecule has 0 amide bonds. The molecule has 2 aliphatic carbocycles. The van der Waals surface area contributed by atoms with Crippen LogP contribution < -0.4 is 4.90 Å². The van der Waals surface area contributed by atoms with Gasteiger partial charge in [-0.05, 0) is 102 Å². The largest absolute Gasteiger partial charge is 0.310 e. The van der Waals surface area contributed by atoms with E-state index in [1.165, 1.54) is 77.5 Å². The summed E-state index contributed by atoms with van der Waals surface area (Å²) in [7, 11) is 0. The molecule has 9 aromatic rings. The molecule has 0 bridgehead atoms. The lowest BCUT2D eigenvalue weighted by Gasteiger charge is -2.40. The Bertz CT molecular complexity index is 2850. The Labute approximate surface area is 316 Å². The molecule has 1 nitrogen and oxygen atoms in total. The fraction of sp³-hybridized carbons (Fsp3) is 0.0189. The number of nitrogens with zero attached hydrogens (tertiary/aromatic N) is 1. The van der Waals surface area contributed by atoms with E-state index in [0.29, 0.717) is 0 Å². The van der Waals surface area contributed by atoms with Gasteiger partial charge in [-0.1, -0.05) is 182 Å². The van der Waals surface area contributed by atoms with E-state index >= 15 is 0 Å². The van der Waals surface area contributed by atoms with Crippen LogP contribution in [-0.4, -0.2) is 0 Å². The van der Waals surface area contributed by atoms with E-state index in [9.17, 15) is 0 Å². The van der Waals surface area contributed by atoms with Crippen molar-refractivity contribution in [1.29, 1.82) is 0 Å². The van der Waals surface area contributed by atoms with E-state index in [1.54, 1.807) is 0 Å². The third-order valence-corrected chi connectivity index (χ3v) is 11.7. The second-order valence-corrected chi connectivity index (χ2v) is 14.4. The number of hydrogen-bond acceptors (Lipinski definition) is 1. The number of rotatable bonds is 6. The van der Waals surface area contributed by atoms with Gasteiger partial charge in [-0.15, -0.1) is 0 Å². The number of anilines is 3. The van der Waals surface area contributed by atoms with Crippen LogP contribution in [0.2, 0.25) is 0 Å². The lowest BCUT2D eigenvalue weighted by Crippen LogP contribution is -2.31. The lowest BCUT2D eigenvalue weighted by atomic mass is 9.62. The van der Waals surface area contributed by atoms with Crippen molar-refractivity contribution in [3.05, 3.63) is 235 Å². The summed E-state index contributed by atoms with van der Waals surface area (Å²) in [5.41, 5.74) is 18.4. The summed E-state index contributed by atoms with van der Waals surface area (Å²) in [4.78, 5) is 2.41. The zero-order chi connectivity index (χ0) is 35.6.